The van der Waals surface area contributed by atoms with E-state index >= 15 is 0 Å². The van der Waals surface area contributed by atoms with Gasteiger partial charge in [0.15, 0.2) is 0 Å². The van der Waals surface area contributed by atoms with Crippen LogP contribution in [0.15, 0.2) is 200 Å². The second-order valence-corrected chi connectivity index (χ2v) is 16.4. The zero-order valence-electron chi connectivity index (χ0n) is 32.0. The van der Waals surface area contributed by atoms with Crippen LogP contribution in [-0.2, 0) is 10.8 Å². The molecule has 0 atom stereocenters. The zero-order valence-corrected chi connectivity index (χ0v) is 32.0. The van der Waals surface area contributed by atoms with E-state index in [1.807, 2.05) is 0 Å². The van der Waals surface area contributed by atoms with Crippen molar-refractivity contribution in [1.29, 1.82) is 0 Å². The minimum absolute atomic E-state index is 0.120. The van der Waals surface area contributed by atoms with Crippen molar-refractivity contribution < 1.29 is 0 Å². The molecule has 1 heteroatoms. The first-order valence-corrected chi connectivity index (χ1v) is 20.1. The fraction of sp³-hybridized carbons (Fsp3) is 0.0714. The van der Waals surface area contributed by atoms with Crippen LogP contribution in [-0.4, -0.2) is 0 Å². The summed E-state index contributed by atoms with van der Waals surface area (Å²) in [6, 6.07) is 74.9. The number of rotatable bonds is 4. The molecule has 0 fully saturated rings. The maximum Gasteiger partial charge on any atom is 0.0726 e. The third kappa shape index (κ3) is 4.29. The monoisotopic (exact) mass is 725 g/mol. The van der Waals surface area contributed by atoms with Crippen LogP contribution in [0.25, 0.3) is 55.3 Å². The normalized spacial score (nSPS) is 14.4. The van der Waals surface area contributed by atoms with Gasteiger partial charge in [0, 0.05) is 22.2 Å². The zero-order chi connectivity index (χ0) is 37.9. The SMILES string of the molecule is CC1(C)c2ccccc2-c2cccc(-c3cccc(N(c4ccc5c(c4)C4(c6ccccc6-c6ccccc64)c4ccccc4-5)c4cccc5ccccc45)c3)c21. The standard InChI is InChI=1S/C56H39N/c1-55(2)48-27-9-5-24-45(48)47-26-15-25-41(54(47)55)37-18-13-19-38(34-37)57(53-31-14-17-36-16-3-4-20-40(36)53)39-32-33-46-44-23-8-12-30-51(44)56(52(46)35-39)49-28-10-6-21-42(49)43-22-7-11-29-50(43)56/h3-35H,1-2H3. The molecule has 9 aromatic rings. The van der Waals surface area contributed by atoms with E-state index in [4.69, 9.17) is 0 Å². The van der Waals surface area contributed by atoms with Crippen molar-refractivity contribution in [3.05, 3.63) is 234 Å². The van der Waals surface area contributed by atoms with Gasteiger partial charge in [-0.3, -0.25) is 0 Å². The van der Waals surface area contributed by atoms with Gasteiger partial charge in [0.25, 0.3) is 0 Å². The Labute approximate surface area is 334 Å². The van der Waals surface area contributed by atoms with Crippen LogP contribution in [0.1, 0.15) is 47.2 Å². The number of benzene rings is 9. The number of hydrogen-bond donors (Lipinski definition) is 0. The van der Waals surface area contributed by atoms with E-state index in [0.29, 0.717) is 0 Å². The topological polar surface area (TPSA) is 3.24 Å². The Morgan fingerprint density at radius 2 is 0.842 bits per heavy atom. The summed E-state index contributed by atoms with van der Waals surface area (Å²) >= 11 is 0. The lowest BCUT2D eigenvalue weighted by Gasteiger charge is -2.32. The van der Waals surface area contributed by atoms with E-state index in [9.17, 15) is 0 Å². The Balaban J connectivity index is 1.11. The van der Waals surface area contributed by atoms with Crippen molar-refractivity contribution in [2.45, 2.75) is 24.7 Å². The highest BCUT2D eigenvalue weighted by Crippen LogP contribution is 2.63. The first-order chi connectivity index (χ1) is 28.0. The summed E-state index contributed by atoms with van der Waals surface area (Å²) in [6.07, 6.45) is 0. The molecule has 12 rings (SSSR count). The van der Waals surface area contributed by atoms with E-state index < -0.39 is 5.41 Å². The number of hydrogen-bond acceptors (Lipinski definition) is 1. The minimum atomic E-state index is -0.424. The quantitative estimate of drug-likeness (QED) is 0.175. The van der Waals surface area contributed by atoms with Gasteiger partial charge in [-0.05, 0) is 114 Å². The highest BCUT2D eigenvalue weighted by atomic mass is 15.1. The average Bonchev–Trinajstić information content (AvgIpc) is 3.83. The predicted octanol–water partition coefficient (Wildman–Crippen LogP) is 14.6. The number of nitrogens with zero attached hydrogens (tertiary/aromatic N) is 1. The molecule has 0 N–H and O–H groups in total. The van der Waals surface area contributed by atoms with Crippen molar-refractivity contribution in [1.82, 2.24) is 0 Å². The highest BCUT2D eigenvalue weighted by molar-refractivity contribution is 6.01. The highest BCUT2D eigenvalue weighted by Gasteiger charge is 2.51. The van der Waals surface area contributed by atoms with Crippen LogP contribution >= 0.6 is 0 Å². The maximum absolute atomic E-state index is 2.50. The molecule has 0 amide bonds. The van der Waals surface area contributed by atoms with Crippen LogP contribution in [0.2, 0.25) is 0 Å². The fourth-order valence-electron chi connectivity index (χ4n) is 11.0. The van der Waals surface area contributed by atoms with Crippen molar-refractivity contribution in [3.63, 3.8) is 0 Å². The summed E-state index contributed by atoms with van der Waals surface area (Å²) in [5.74, 6) is 0. The lowest BCUT2D eigenvalue weighted by molar-refractivity contribution is 0.662. The first-order valence-electron chi connectivity index (χ1n) is 20.1. The van der Waals surface area contributed by atoms with Gasteiger partial charge < -0.3 is 4.90 Å². The second kappa shape index (κ2) is 11.8. The summed E-state index contributed by atoms with van der Waals surface area (Å²) in [4.78, 5) is 2.50. The average molecular weight is 726 g/mol. The lowest BCUT2D eigenvalue weighted by Crippen LogP contribution is -2.26. The molecular formula is C56H39N. The molecule has 0 aliphatic heterocycles. The molecule has 0 aromatic heterocycles. The Morgan fingerprint density at radius 3 is 1.54 bits per heavy atom. The molecule has 1 spiro atoms. The molecule has 0 heterocycles. The number of anilines is 3. The van der Waals surface area contributed by atoms with Gasteiger partial charge in [0.05, 0.1) is 11.1 Å². The Bertz CT molecular complexity index is 3060. The summed E-state index contributed by atoms with van der Waals surface area (Å²) in [5, 5.41) is 2.44. The van der Waals surface area contributed by atoms with E-state index in [2.05, 4.69) is 219 Å². The molecule has 1 nitrogen and oxygen atoms in total. The van der Waals surface area contributed by atoms with Crippen LogP contribution in [0, 0.1) is 0 Å². The second-order valence-electron chi connectivity index (χ2n) is 16.4. The lowest BCUT2D eigenvalue weighted by atomic mass is 9.70. The van der Waals surface area contributed by atoms with Gasteiger partial charge in [-0.1, -0.05) is 184 Å². The van der Waals surface area contributed by atoms with Crippen LogP contribution in [0.3, 0.4) is 0 Å². The molecule has 0 saturated carbocycles. The fourth-order valence-corrected chi connectivity index (χ4v) is 11.0. The van der Waals surface area contributed by atoms with E-state index in [-0.39, 0.29) is 5.41 Å². The number of fused-ring (bicyclic) bond motifs is 14. The summed E-state index contributed by atoms with van der Waals surface area (Å²) < 4.78 is 0. The molecule has 0 saturated heterocycles. The molecular weight excluding hydrogens is 687 g/mol. The largest absolute Gasteiger partial charge is 0.310 e. The molecule has 9 aromatic carbocycles. The summed E-state index contributed by atoms with van der Waals surface area (Å²) in [6.45, 7) is 4.76. The first kappa shape index (κ1) is 32.3. The van der Waals surface area contributed by atoms with E-state index in [1.54, 1.807) is 0 Å². The van der Waals surface area contributed by atoms with Crippen molar-refractivity contribution in [3.8, 4) is 44.5 Å². The molecule has 3 aliphatic rings. The molecule has 0 radical (unpaired) electrons. The van der Waals surface area contributed by atoms with Crippen molar-refractivity contribution >= 4 is 27.8 Å². The predicted molar refractivity (Wildman–Crippen MR) is 238 cm³/mol. The Kier molecular flexibility index (Phi) is 6.67. The van der Waals surface area contributed by atoms with Crippen molar-refractivity contribution in [2.75, 3.05) is 4.90 Å². The van der Waals surface area contributed by atoms with E-state index in [1.165, 1.54) is 88.7 Å². The van der Waals surface area contributed by atoms with Gasteiger partial charge in [-0.25, -0.2) is 0 Å². The molecule has 57 heavy (non-hydrogen) atoms. The summed E-state index contributed by atoms with van der Waals surface area (Å²) in [5.41, 5.74) is 21.5. The van der Waals surface area contributed by atoms with Crippen LogP contribution < -0.4 is 4.90 Å². The van der Waals surface area contributed by atoms with Gasteiger partial charge >= 0.3 is 0 Å². The van der Waals surface area contributed by atoms with Gasteiger partial charge in [0.2, 0.25) is 0 Å². The van der Waals surface area contributed by atoms with E-state index in [0.717, 1.165) is 17.1 Å². The molecule has 268 valence electrons. The molecule has 3 aliphatic carbocycles. The van der Waals surface area contributed by atoms with Crippen LogP contribution in [0.4, 0.5) is 17.1 Å². The third-order valence-corrected chi connectivity index (χ3v) is 13.2. The summed E-state index contributed by atoms with van der Waals surface area (Å²) in [7, 11) is 0. The molecule has 0 bridgehead atoms. The smallest absolute Gasteiger partial charge is 0.0726 e. The maximum atomic E-state index is 2.50. The van der Waals surface area contributed by atoms with Crippen LogP contribution in [0.5, 0.6) is 0 Å². The molecule has 0 unspecified atom stereocenters. The van der Waals surface area contributed by atoms with Crippen molar-refractivity contribution in [2.24, 2.45) is 0 Å². The minimum Gasteiger partial charge on any atom is -0.310 e. The third-order valence-electron chi connectivity index (χ3n) is 13.2. The van der Waals surface area contributed by atoms with Gasteiger partial charge in [-0.2, -0.15) is 0 Å². The van der Waals surface area contributed by atoms with Gasteiger partial charge in [-0.15, -0.1) is 0 Å². The van der Waals surface area contributed by atoms with Gasteiger partial charge in [0.1, 0.15) is 0 Å². The Hall–Kier alpha value is -6.96. The Morgan fingerprint density at radius 1 is 0.351 bits per heavy atom.